The highest BCUT2D eigenvalue weighted by Gasteiger charge is 2.42. The van der Waals surface area contributed by atoms with E-state index in [0.717, 1.165) is 0 Å². The lowest BCUT2D eigenvalue weighted by Crippen LogP contribution is -2.34. The largest absolute Gasteiger partial charge is 0.324 e. The number of alkyl halides is 2. The number of hydrogen-bond acceptors (Lipinski definition) is 2. The number of imide groups is 1. The van der Waals surface area contributed by atoms with E-state index in [9.17, 15) is 9.59 Å². The second-order valence-electron chi connectivity index (χ2n) is 1.48. The van der Waals surface area contributed by atoms with E-state index < -0.39 is 16.4 Å². The first kappa shape index (κ1) is 6.64. The van der Waals surface area contributed by atoms with E-state index >= 15 is 0 Å². The summed E-state index contributed by atoms with van der Waals surface area (Å²) in [7, 11) is 0. The number of carbonyl (C=O) groups is 2. The van der Waals surface area contributed by atoms with E-state index in [-0.39, 0.29) is 0 Å². The number of hydrogen-bond donors (Lipinski definition) is 2. The molecule has 1 fully saturated rings. The van der Waals surface area contributed by atoms with Crippen LogP contribution in [0.25, 0.3) is 0 Å². The lowest BCUT2D eigenvalue weighted by molar-refractivity contribution is -0.119. The number of urea groups is 1. The molecule has 0 aromatic carbocycles. The van der Waals surface area contributed by atoms with Crippen LogP contribution < -0.4 is 10.6 Å². The van der Waals surface area contributed by atoms with Crippen molar-refractivity contribution in [2.75, 3.05) is 0 Å². The Morgan fingerprint density at radius 3 is 2.00 bits per heavy atom. The Labute approximate surface area is 60.5 Å². The van der Waals surface area contributed by atoms with Crippen molar-refractivity contribution in [2.24, 2.45) is 0 Å². The highest BCUT2D eigenvalue weighted by molar-refractivity contribution is 6.60. The maximum Gasteiger partial charge on any atom is 0.324 e. The molecule has 0 aromatic heterocycles. The smallest absolute Gasteiger partial charge is 0.298 e. The Morgan fingerprint density at radius 1 is 1.33 bits per heavy atom. The molecule has 1 aliphatic heterocycles. The van der Waals surface area contributed by atoms with E-state index in [2.05, 4.69) is 0 Å². The fourth-order valence-corrected chi connectivity index (χ4v) is 0.678. The molecule has 50 valence electrons. The summed E-state index contributed by atoms with van der Waals surface area (Å²) in [6.45, 7) is 0. The van der Waals surface area contributed by atoms with Crippen molar-refractivity contribution in [2.45, 2.75) is 4.46 Å². The fraction of sp³-hybridized carbons (Fsp3) is 0.333. The van der Waals surface area contributed by atoms with Crippen LogP contribution in [0.4, 0.5) is 4.79 Å². The van der Waals surface area contributed by atoms with E-state index in [1.807, 2.05) is 10.6 Å². The Morgan fingerprint density at radius 2 is 1.89 bits per heavy atom. The van der Waals surface area contributed by atoms with Gasteiger partial charge in [0.25, 0.3) is 10.4 Å². The molecule has 0 aromatic rings. The number of rotatable bonds is 0. The molecule has 0 saturated carbocycles. The monoisotopic (exact) mass is 168 g/mol. The van der Waals surface area contributed by atoms with Gasteiger partial charge < -0.3 is 0 Å². The summed E-state index contributed by atoms with van der Waals surface area (Å²) in [6, 6.07) is -0.676. The summed E-state index contributed by atoms with van der Waals surface area (Å²) >= 11 is 10.5. The Kier molecular flexibility index (Phi) is 1.29. The maximum atomic E-state index is 10.4. The van der Waals surface area contributed by atoms with Crippen LogP contribution in [0.2, 0.25) is 0 Å². The zero-order chi connectivity index (χ0) is 7.07. The molecular formula is C3H2Cl2N2O2. The van der Waals surface area contributed by atoms with Crippen molar-refractivity contribution in [3.8, 4) is 0 Å². The first-order chi connectivity index (χ1) is 4.02. The average Bonchev–Trinajstić information content (AvgIpc) is 1.79. The van der Waals surface area contributed by atoms with Crippen LogP contribution in [0.1, 0.15) is 0 Å². The predicted molar refractivity (Wildman–Crippen MR) is 31.1 cm³/mol. The van der Waals surface area contributed by atoms with Gasteiger partial charge in [-0.1, -0.05) is 23.2 Å². The van der Waals surface area contributed by atoms with Crippen LogP contribution in [-0.2, 0) is 4.79 Å². The average molecular weight is 169 g/mol. The van der Waals surface area contributed by atoms with Crippen LogP contribution in [0, 0.1) is 0 Å². The maximum absolute atomic E-state index is 10.4. The molecule has 1 aliphatic rings. The van der Waals surface area contributed by atoms with Gasteiger partial charge in [-0.2, -0.15) is 0 Å². The number of nitrogens with one attached hydrogen (secondary N) is 2. The standard InChI is InChI=1S/C3H2Cl2N2O2/c4-3(5)1(8)6-2(9)7-3/h(H2,6,7,8,9). The second-order valence-corrected chi connectivity index (χ2v) is 2.81. The van der Waals surface area contributed by atoms with Gasteiger partial charge in [0, 0.05) is 0 Å². The lowest BCUT2D eigenvalue weighted by Gasteiger charge is -2.04. The summed E-state index contributed by atoms with van der Waals surface area (Å²) < 4.78 is -1.78. The van der Waals surface area contributed by atoms with Crippen molar-refractivity contribution >= 4 is 35.1 Å². The Hall–Kier alpha value is -0.480. The molecule has 2 N–H and O–H groups in total. The molecule has 1 rings (SSSR count). The van der Waals surface area contributed by atoms with Crippen molar-refractivity contribution in [1.29, 1.82) is 0 Å². The highest BCUT2D eigenvalue weighted by atomic mass is 35.5. The molecule has 6 heteroatoms. The molecular weight excluding hydrogens is 167 g/mol. The van der Waals surface area contributed by atoms with Crippen LogP contribution in [0.3, 0.4) is 0 Å². The molecule has 4 nitrogen and oxygen atoms in total. The minimum Gasteiger partial charge on any atom is -0.298 e. The van der Waals surface area contributed by atoms with E-state index in [1.165, 1.54) is 0 Å². The number of amides is 3. The van der Waals surface area contributed by atoms with Crippen molar-refractivity contribution < 1.29 is 9.59 Å². The van der Waals surface area contributed by atoms with Gasteiger partial charge in [0.15, 0.2) is 0 Å². The molecule has 9 heavy (non-hydrogen) atoms. The molecule has 0 spiro atoms. The van der Waals surface area contributed by atoms with Gasteiger partial charge in [0.05, 0.1) is 0 Å². The highest BCUT2D eigenvalue weighted by Crippen LogP contribution is 2.19. The molecule has 0 radical (unpaired) electrons. The van der Waals surface area contributed by atoms with Crippen molar-refractivity contribution in [1.82, 2.24) is 10.6 Å². The van der Waals surface area contributed by atoms with Crippen LogP contribution in [0.5, 0.6) is 0 Å². The summed E-state index contributed by atoms with van der Waals surface area (Å²) in [5.74, 6) is -0.740. The van der Waals surface area contributed by atoms with Gasteiger partial charge in [0.2, 0.25) is 0 Å². The van der Waals surface area contributed by atoms with Crippen LogP contribution in [0.15, 0.2) is 0 Å². The summed E-state index contributed by atoms with van der Waals surface area (Å²) in [5, 5.41) is 3.83. The minimum absolute atomic E-state index is 0.676. The fourth-order valence-electron chi connectivity index (χ4n) is 0.412. The van der Waals surface area contributed by atoms with Gasteiger partial charge in [-0.15, -0.1) is 0 Å². The molecule has 0 atom stereocenters. The van der Waals surface area contributed by atoms with Gasteiger partial charge in [-0.25, -0.2) is 4.79 Å². The Bertz CT molecular complexity index is 179. The summed E-state index contributed by atoms with van der Waals surface area (Å²) in [5.41, 5.74) is 0. The van der Waals surface area contributed by atoms with E-state index in [0.29, 0.717) is 0 Å². The normalized spacial score (nSPS) is 23.3. The van der Waals surface area contributed by atoms with E-state index in [4.69, 9.17) is 23.2 Å². The SMILES string of the molecule is O=C1NC(=O)C(Cl)(Cl)N1. The molecule has 0 bridgehead atoms. The molecule has 3 amide bonds. The third-order valence-corrected chi connectivity index (χ3v) is 1.32. The number of carbonyl (C=O) groups excluding carboxylic acids is 2. The first-order valence-corrected chi connectivity index (χ1v) is 2.79. The quantitative estimate of drug-likeness (QED) is 0.303. The lowest BCUT2D eigenvalue weighted by atomic mass is 10.6. The van der Waals surface area contributed by atoms with Crippen molar-refractivity contribution in [3.05, 3.63) is 0 Å². The van der Waals surface area contributed by atoms with Gasteiger partial charge in [-0.05, 0) is 0 Å². The molecule has 1 heterocycles. The first-order valence-electron chi connectivity index (χ1n) is 2.04. The Balaban J connectivity index is 2.81. The summed E-state index contributed by atoms with van der Waals surface area (Å²) in [6.07, 6.45) is 0. The van der Waals surface area contributed by atoms with Gasteiger partial charge >= 0.3 is 6.03 Å². The zero-order valence-corrected chi connectivity index (χ0v) is 5.58. The number of halogens is 2. The topological polar surface area (TPSA) is 58.2 Å². The van der Waals surface area contributed by atoms with Crippen LogP contribution in [-0.4, -0.2) is 16.4 Å². The zero-order valence-electron chi connectivity index (χ0n) is 4.07. The van der Waals surface area contributed by atoms with Gasteiger partial charge in [0.1, 0.15) is 0 Å². The third-order valence-electron chi connectivity index (χ3n) is 0.783. The van der Waals surface area contributed by atoms with E-state index in [1.54, 1.807) is 0 Å². The predicted octanol–water partition coefficient (Wildman–Crippen LogP) is -0.0428. The summed E-state index contributed by atoms with van der Waals surface area (Å²) in [4.78, 5) is 20.7. The van der Waals surface area contributed by atoms with Crippen molar-refractivity contribution in [3.63, 3.8) is 0 Å². The third kappa shape index (κ3) is 1.09. The molecule has 0 aliphatic carbocycles. The minimum atomic E-state index is -1.78. The van der Waals surface area contributed by atoms with Gasteiger partial charge in [-0.3, -0.25) is 15.4 Å². The molecule has 1 saturated heterocycles. The van der Waals surface area contributed by atoms with Crippen LogP contribution >= 0.6 is 23.2 Å². The molecule has 0 unspecified atom stereocenters. The second kappa shape index (κ2) is 1.75.